The van der Waals surface area contributed by atoms with Gasteiger partial charge in [0.25, 0.3) is 11.9 Å². The van der Waals surface area contributed by atoms with Crippen LogP contribution in [-0.4, -0.2) is 67.7 Å². The lowest BCUT2D eigenvalue weighted by Crippen LogP contribution is -2.51. The number of amides is 1. The second-order valence-corrected chi connectivity index (χ2v) is 10.3. The fourth-order valence-electron chi connectivity index (χ4n) is 5.86. The quantitative estimate of drug-likeness (QED) is 0.412. The van der Waals surface area contributed by atoms with E-state index in [2.05, 4.69) is 15.0 Å². The van der Waals surface area contributed by atoms with E-state index in [4.69, 9.17) is 9.40 Å². The van der Waals surface area contributed by atoms with Gasteiger partial charge in [0.05, 0.1) is 17.5 Å². The topological polar surface area (TPSA) is 80.3 Å². The first-order chi connectivity index (χ1) is 17.7. The molecule has 8 heteroatoms. The summed E-state index contributed by atoms with van der Waals surface area (Å²) in [6.45, 7) is 3.49. The molecule has 3 aromatic heterocycles. The van der Waals surface area contributed by atoms with Gasteiger partial charge in [-0.25, -0.2) is 14.6 Å². The molecule has 1 amide bonds. The van der Waals surface area contributed by atoms with Crippen LogP contribution in [0.4, 0.5) is 0 Å². The number of para-hydroxylation sites is 1. The van der Waals surface area contributed by atoms with Crippen molar-refractivity contribution in [2.75, 3.05) is 26.2 Å². The van der Waals surface area contributed by atoms with Gasteiger partial charge >= 0.3 is 0 Å². The molecule has 2 aliphatic carbocycles. The van der Waals surface area contributed by atoms with Crippen molar-refractivity contribution in [3.63, 3.8) is 0 Å². The number of furan rings is 1. The number of nitrogens with zero attached hydrogens (tertiary/aromatic N) is 6. The highest BCUT2D eigenvalue weighted by Crippen LogP contribution is 2.42. The summed E-state index contributed by atoms with van der Waals surface area (Å²) in [5.41, 5.74) is 3.17. The Hall–Kier alpha value is -3.52. The van der Waals surface area contributed by atoms with Crippen molar-refractivity contribution >= 4 is 16.9 Å². The molecule has 4 heterocycles. The molecule has 1 aromatic carbocycles. The van der Waals surface area contributed by atoms with Crippen LogP contribution in [0.5, 0.6) is 0 Å². The first-order valence-corrected chi connectivity index (χ1v) is 13.2. The average Bonchev–Trinajstić information content (AvgIpc) is 3.31. The van der Waals surface area contributed by atoms with Gasteiger partial charge in [0.2, 0.25) is 0 Å². The molecule has 0 unspecified atom stereocenters. The van der Waals surface area contributed by atoms with E-state index in [1.165, 1.54) is 25.7 Å². The number of piperazine rings is 1. The molecule has 0 N–H and O–H groups in total. The van der Waals surface area contributed by atoms with Gasteiger partial charge in [-0.1, -0.05) is 31.0 Å². The zero-order valence-electron chi connectivity index (χ0n) is 20.3. The maximum atomic E-state index is 13.6. The van der Waals surface area contributed by atoms with E-state index in [-0.39, 0.29) is 5.91 Å². The van der Waals surface area contributed by atoms with Crippen LogP contribution in [-0.2, 0) is 0 Å². The van der Waals surface area contributed by atoms with Crippen molar-refractivity contribution in [3.05, 3.63) is 60.0 Å². The Kier molecular flexibility index (Phi) is 5.34. The van der Waals surface area contributed by atoms with Gasteiger partial charge < -0.3 is 9.32 Å². The molecule has 184 valence electrons. The van der Waals surface area contributed by atoms with Crippen molar-refractivity contribution < 1.29 is 9.21 Å². The molecule has 8 nitrogen and oxygen atoms in total. The first kappa shape index (κ1) is 21.7. The lowest BCUT2D eigenvalue weighted by molar-refractivity contribution is 0.0572. The molecule has 0 spiro atoms. The molecule has 7 rings (SSSR count). The van der Waals surface area contributed by atoms with Gasteiger partial charge in [0.15, 0.2) is 5.76 Å². The van der Waals surface area contributed by atoms with Crippen LogP contribution in [0.25, 0.3) is 28.4 Å². The second-order valence-electron chi connectivity index (χ2n) is 10.3. The lowest BCUT2D eigenvalue weighted by atomic mass is 10.1. The van der Waals surface area contributed by atoms with Crippen LogP contribution < -0.4 is 0 Å². The third-order valence-electron chi connectivity index (χ3n) is 7.95. The van der Waals surface area contributed by atoms with Crippen LogP contribution in [0.2, 0.25) is 0 Å². The Morgan fingerprint density at radius 3 is 2.56 bits per heavy atom. The Labute approximate surface area is 209 Å². The highest BCUT2D eigenvalue weighted by Gasteiger charge is 2.36. The lowest BCUT2D eigenvalue weighted by Gasteiger charge is -2.38. The van der Waals surface area contributed by atoms with Crippen molar-refractivity contribution in [1.29, 1.82) is 0 Å². The van der Waals surface area contributed by atoms with Gasteiger partial charge in [0.1, 0.15) is 11.3 Å². The number of rotatable bonds is 5. The third-order valence-corrected chi connectivity index (χ3v) is 7.95. The van der Waals surface area contributed by atoms with E-state index in [0.717, 1.165) is 55.7 Å². The first-order valence-electron chi connectivity index (χ1n) is 13.2. The Morgan fingerprint density at radius 2 is 1.78 bits per heavy atom. The van der Waals surface area contributed by atoms with Crippen LogP contribution in [0, 0.1) is 0 Å². The summed E-state index contributed by atoms with van der Waals surface area (Å²) in [6.07, 6.45) is 10.9. The summed E-state index contributed by atoms with van der Waals surface area (Å²) in [7, 11) is 0. The Bertz CT molecular complexity index is 1370. The fourth-order valence-corrected chi connectivity index (χ4v) is 5.86. The molecule has 0 radical (unpaired) electrons. The Morgan fingerprint density at radius 1 is 0.972 bits per heavy atom. The zero-order chi connectivity index (χ0) is 24.1. The van der Waals surface area contributed by atoms with Crippen molar-refractivity contribution in [3.8, 4) is 17.4 Å². The second kappa shape index (κ2) is 8.85. The van der Waals surface area contributed by atoms with Crippen molar-refractivity contribution in [2.24, 2.45) is 0 Å². The molecule has 0 atom stereocenters. The minimum Gasteiger partial charge on any atom is -0.454 e. The summed E-state index contributed by atoms with van der Waals surface area (Å²) < 4.78 is 7.79. The maximum Gasteiger partial charge on any atom is 0.257 e. The molecular formula is C28H30N6O2. The molecule has 1 saturated heterocycles. The van der Waals surface area contributed by atoms with Crippen LogP contribution in [0.15, 0.2) is 53.2 Å². The summed E-state index contributed by atoms with van der Waals surface area (Å²) >= 11 is 0. The summed E-state index contributed by atoms with van der Waals surface area (Å²) in [5.74, 6) is 1.57. The number of aromatic nitrogens is 4. The zero-order valence-corrected chi connectivity index (χ0v) is 20.3. The largest absolute Gasteiger partial charge is 0.454 e. The molecule has 1 aliphatic heterocycles. The maximum absolute atomic E-state index is 13.6. The van der Waals surface area contributed by atoms with Gasteiger partial charge in [0, 0.05) is 49.7 Å². The number of carbonyl (C=O) groups excluding carboxylic acids is 1. The fraction of sp³-hybridized carbons (Fsp3) is 0.429. The smallest absolute Gasteiger partial charge is 0.257 e. The number of carbonyl (C=O) groups is 1. The summed E-state index contributed by atoms with van der Waals surface area (Å²) in [5, 5.41) is 5.66. The molecular weight excluding hydrogens is 452 g/mol. The minimum absolute atomic E-state index is 0.0858. The number of hydrogen-bond donors (Lipinski definition) is 0. The van der Waals surface area contributed by atoms with Gasteiger partial charge in [-0.05, 0) is 43.9 Å². The van der Waals surface area contributed by atoms with Crippen LogP contribution in [0.1, 0.15) is 60.5 Å². The van der Waals surface area contributed by atoms with E-state index in [1.807, 2.05) is 41.3 Å². The molecule has 36 heavy (non-hydrogen) atoms. The number of fused-ring (bicyclic) bond motifs is 1. The van der Waals surface area contributed by atoms with Gasteiger partial charge in [-0.3, -0.25) is 9.69 Å². The molecule has 3 fully saturated rings. The third kappa shape index (κ3) is 3.89. The summed E-state index contributed by atoms with van der Waals surface area (Å²) in [4.78, 5) is 27.5. The monoisotopic (exact) mass is 482 g/mol. The van der Waals surface area contributed by atoms with Gasteiger partial charge in [-0.2, -0.15) is 5.10 Å². The highest BCUT2D eigenvalue weighted by atomic mass is 16.3. The molecule has 3 aliphatic rings. The normalized spacial score (nSPS) is 19.4. The van der Waals surface area contributed by atoms with Crippen molar-refractivity contribution in [1.82, 2.24) is 29.5 Å². The van der Waals surface area contributed by atoms with E-state index >= 15 is 0 Å². The average molecular weight is 483 g/mol. The number of hydrogen-bond acceptors (Lipinski definition) is 6. The molecule has 2 saturated carbocycles. The van der Waals surface area contributed by atoms with E-state index < -0.39 is 0 Å². The molecule has 4 aromatic rings. The number of benzene rings is 1. The Balaban J connectivity index is 1.16. The van der Waals surface area contributed by atoms with E-state index in [1.54, 1.807) is 17.1 Å². The SMILES string of the molecule is O=C(c1cnn(-c2nccc(-c3cc4ccccc4o3)n2)c1C1CC1)N1CCN(C2CCCC2)CC1. The van der Waals surface area contributed by atoms with Gasteiger partial charge in [-0.15, -0.1) is 0 Å². The standard InChI is InChI=1S/C28H30N6O2/c35-27(33-15-13-32(14-16-33)21-6-2-3-7-21)22-18-30-34(26(22)19-9-10-19)28-29-12-11-23(31-28)25-17-20-5-1-4-8-24(20)36-25/h1,4-5,8,11-12,17-19,21H,2-3,6-7,9-10,13-16H2. The van der Waals surface area contributed by atoms with Crippen LogP contribution in [0.3, 0.4) is 0 Å². The predicted molar refractivity (Wildman–Crippen MR) is 136 cm³/mol. The highest BCUT2D eigenvalue weighted by molar-refractivity contribution is 5.95. The molecule has 0 bridgehead atoms. The van der Waals surface area contributed by atoms with E-state index in [0.29, 0.717) is 34.9 Å². The van der Waals surface area contributed by atoms with Crippen molar-refractivity contribution in [2.45, 2.75) is 50.5 Å². The van der Waals surface area contributed by atoms with E-state index in [9.17, 15) is 4.79 Å². The predicted octanol–water partition coefficient (Wildman–Crippen LogP) is 4.65. The minimum atomic E-state index is 0.0858. The van der Waals surface area contributed by atoms with Crippen LogP contribution >= 0.6 is 0 Å². The summed E-state index contributed by atoms with van der Waals surface area (Å²) in [6, 6.07) is 12.5.